The maximum atomic E-state index is 12.3. The van der Waals surface area contributed by atoms with Crippen LogP contribution in [0.15, 0.2) is 49.1 Å². The average molecular weight is 326 g/mol. The predicted octanol–water partition coefficient (Wildman–Crippen LogP) is 3.14. The monoisotopic (exact) mass is 326 g/mol. The third-order valence-corrected chi connectivity index (χ3v) is 4.67. The van der Waals surface area contributed by atoms with E-state index < -0.39 is 0 Å². The SMILES string of the molecule is Cc1nc(-c2ccccc2)sc1C(=O)NCCCn1ccnc1. The number of hydrogen-bond donors (Lipinski definition) is 1. The molecular formula is C17H18N4OS. The van der Waals surface area contributed by atoms with E-state index in [2.05, 4.69) is 15.3 Å². The molecule has 5 nitrogen and oxygen atoms in total. The molecule has 23 heavy (non-hydrogen) atoms. The Labute approximate surface area is 139 Å². The molecule has 1 amide bonds. The lowest BCUT2D eigenvalue weighted by molar-refractivity contribution is 0.0956. The van der Waals surface area contributed by atoms with Gasteiger partial charge in [-0.2, -0.15) is 0 Å². The fourth-order valence-electron chi connectivity index (χ4n) is 2.27. The van der Waals surface area contributed by atoms with E-state index >= 15 is 0 Å². The molecule has 0 saturated carbocycles. The molecule has 3 aromatic rings. The number of carbonyl (C=O) groups is 1. The summed E-state index contributed by atoms with van der Waals surface area (Å²) in [7, 11) is 0. The lowest BCUT2D eigenvalue weighted by atomic mass is 10.2. The molecule has 118 valence electrons. The number of nitrogens with one attached hydrogen (secondary N) is 1. The number of imidazole rings is 1. The van der Waals surface area contributed by atoms with Crippen LogP contribution < -0.4 is 5.32 Å². The number of thiazole rings is 1. The Balaban J connectivity index is 1.58. The number of rotatable bonds is 6. The molecule has 0 spiro atoms. The molecule has 2 aromatic heterocycles. The van der Waals surface area contributed by atoms with Gasteiger partial charge in [0.05, 0.1) is 12.0 Å². The summed E-state index contributed by atoms with van der Waals surface area (Å²) in [6.07, 6.45) is 6.32. The Morgan fingerprint density at radius 3 is 2.87 bits per heavy atom. The first-order valence-corrected chi connectivity index (χ1v) is 8.32. The van der Waals surface area contributed by atoms with Crippen LogP contribution in [-0.2, 0) is 6.54 Å². The lowest BCUT2D eigenvalue weighted by Crippen LogP contribution is -2.25. The van der Waals surface area contributed by atoms with E-state index in [-0.39, 0.29) is 5.91 Å². The molecule has 0 fully saturated rings. The van der Waals surface area contributed by atoms with Crippen LogP contribution in [0.2, 0.25) is 0 Å². The fourth-order valence-corrected chi connectivity index (χ4v) is 3.26. The molecule has 0 atom stereocenters. The zero-order chi connectivity index (χ0) is 16.1. The molecule has 1 N–H and O–H groups in total. The first-order chi connectivity index (χ1) is 11.2. The molecule has 0 aliphatic rings. The van der Waals surface area contributed by atoms with Gasteiger partial charge in [-0.3, -0.25) is 4.79 Å². The van der Waals surface area contributed by atoms with Gasteiger partial charge in [0.25, 0.3) is 5.91 Å². The summed E-state index contributed by atoms with van der Waals surface area (Å²) < 4.78 is 2.00. The van der Waals surface area contributed by atoms with Crippen molar-refractivity contribution in [2.45, 2.75) is 19.9 Å². The summed E-state index contributed by atoms with van der Waals surface area (Å²) >= 11 is 1.44. The molecule has 2 heterocycles. The summed E-state index contributed by atoms with van der Waals surface area (Å²) in [4.78, 5) is 21.5. The van der Waals surface area contributed by atoms with Crippen LogP contribution in [0.25, 0.3) is 10.6 Å². The molecule has 0 saturated heterocycles. The molecular weight excluding hydrogens is 308 g/mol. The van der Waals surface area contributed by atoms with Crippen LogP contribution in [-0.4, -0.2) is 27.0 Å². The second-order valence-corrected chi connectivity index (χ2v) is 6.21. The van der Waals surface area contributed by atoms with Gasteiger partial charge in [0.1, 0.15) is 9.88 Å². The van der Waals surface area contributed by atoms with Crippen molar-refractivity contribution < 1.29 is 4.79 Å². The van der Waals surface area contributed by atoms with Gasteiger partial charge in [0, 0.05) is 31.0 Å². The topological polar surface area (TPSA) is 59.8 Å². The van der Waals surface area contributed by atoms with Crippen LogP contribution in [0.1, 0.15) is 21.8 Å². The Hall–Kier alpha value is -2.47. The summed E-state index contributed by atoms with van der Waals surface area (Å²) in [5, 5.41) is 3.85. The first-order valence-electron chi connectivity index (χ1n) is 7.51. The van der Waals surface area contributed by atoms with Crippen LogP contribution in [0.5, 0.6) is 0 Å². The Morgan fingerprint density at radius 1 is 1.30 bits per heavy atom. The maximum absolute atomic E-state index is 12.3. The molecule has 0 bridgehead atoms. The number of carbonyl (C=O) groups excluding carboxylic acids is 1. The first kappa shape index (κ1) is 15.4. The van der Waals surface area contributed by atoms with Gasteiger partial charge in [-0.1, -0.05) is 30.3 Å². The average Bonchev–Trinajstić information content (AvgIpc) is 3.22. The van der Waals surface area contributed by atoms with Gasteiger partial charge < -0.3 is 9.88 Å². The normalized spacial score (nSPS) is 10.7. The second kappa shape index (κ2) is 7.19. The van der Waals surface area contributed by atoms with Crippen molar-refractivity contribution in [1.82, 2.24) is 19.9 Å². The van der Waals surface area contributed by atoms with Crippen LogP contribution in [0.3, 0.4) is 0 Å². The largest absolute Gasteiger partial charge is 0.351 e. The van der Waals surface area contributed by atoms with Gasteiger partial charge in [-0.05, 0) is 13.3 Å². The van der Waals surface area contributed by atoms with Crippen LogP contribution in [0, 0.1) is 6.92 Å². The third kappa shape index (κ3) is 3.84. The van der Waals surface area contributed by atoms with Gasteiger partial charge in [0.2, 0.25) is 0 Å². The summed E-state index contributed by atoms with van der Waals surface area (Å²) in [6, 6.07) is 9.93. The predicted molar refractivity (Wildman–Crippen MR) is 91.5 cm³/mol. The van der Waals surface area contributed by atoms with Crippen molar-refractivity contribution in [2.24, 2.45) is 0 Å². The number of benzene rings is 1. The zero-order valence-corrected chi connectivity index (χ0v) is 13.7. The number of nitrogens with zero attached hydrogens (tertiary/aromatic N) is 3. The third-order valence-electron chi connectivity index (χ3n) is 3.46. The number of aryl methyl sites for hydroxylation is 2. The van der Waals surface area contributed by atoms with Gasteiger partial charge in [-0.15, -0.1) is 11.3 Å². The molecule has 0 radical (unpaired) electrons. The molecule has 6 heteroatoms. The minimum atomic E-state index is -0.0483. The summed E-state index contributed by atoms with van der Waals surface area (Å²) in [5.74, 6) is -0.0483. The summed E-state index contributed by atoms with van der Waals surface area (Å²) in [6.45, 7) is 3.36. The minimum Gasteiger partial charge on any atom is -0.351 e. The van der Waals surface area contributed by atoms with Crippen LogP contribution >= 0.6 is 11.3 Å². The van der Waals surface area contributed by atoms with Gasteiger partial charge >= 0.3 is 0 Å². The summed E-state index contributed by atoms with van der Waals surface area (Å²) in [5.41, 5.74) is 1.82. The van der Waals surface area contributed by atoms with E-state index in [4.69, 9.17) is 0 Å². The maximum Gasteiger partial charge on any atom is 0.263 e. The zero-order valence-electron chi connectivity index (χ0n) is 12.9. The highest BCUT2D eigenvalue weighted by Crippen LogP contribution is 2.27. The quantitative estimate of drug-likeness (QED) is 0.708. The van der Waals surface area contributed by atoms with Crippen LogP contribution in [0.4, 0.5) is 0 Å². The van der Waals surface area contributed by atoms with Crippen molar-refractivity contribution in [2.75, 3.05) is 6.54 Å². The fraction of sp³-hybridized carbons (Fsp3) is 0.235. The second-order valence-electron chi connectivity index (χ2n) is 5.21. The highest BCUT2D eigenvalue weighted by Gasteiger charge is 2.15. The van der Waals surface area contributed by atoms with Gasteiger partial charge in [0.15, 0.2) is 0 Å². The number of aromatic nitrogens is 3. The Kier molecular flexibility index (Phi) is 4.83. The highest BCUT2D eigenvalue weighted by molar-refractivity contribution is 7.17. The van der Waals surface area contributed by atoms with E-state index in [9.17, 15) is 4.79 Å². The van der Waals surface area contributed by atoms with Crippen molar-refractivity contribution in [1.29, 1.82) is 0 Å². The van der Waals surface area contributed by atoms with Crippen molar-refractivity contribution in [3.05, 3.63) is 59.6 Å². The minimum absolute atomic E-state index is 0.0483. The van der Waals surface area contributed by atoms with E-state index in [1.807, 2.05) is 48.0 Å². The van der Waals surface area contributed by atoms with E-state index in [0.717, 1.165) is 29.2 Å². The lowest BCUT2D eigenvalue weighted by Gasteiger charge is -2.04. The molecule has 0 aliphatic carbocycles. The highest BCUT2D eigenvalue weighted by atomic mass is 32.1. The van der Waals surface area contributed by atoms with E-state index in [1.165, 1.54) is 11.3 Å². The number of hydrogen-bond acceptors (Lipinski definition) is 4. The molecule has 0 unspecified atom stereocenters. The number of amides is 1. The Morgan fingerprint density at radius 2 is 2.13 bits per heavy atom. The van der Waals surface area contributed by atoms with E-state index in [1.54, 1.807) is 12.5 Å². The van der Waals surface area contributed by atoms with Crippen molar-refractivity contribution in [3.8, 4) is 10.6 Å². The van der Waals surface area contributed by atoms with E-state index in [0.29, 0.717) is 11.4 Å². The molecule has 3 rings (SSSR count). The van der Waals surface area contributed by atoms with Gasteiger partial charge in [-0.25, -0.2) is 9.97 Å². The van der Waals surface area contributed by atoms with Crippen molar-refractivity contribution >= 4 is 17.2 Å². The molecule has 1 aromatic carbocycles. The van der Waals surface area contributed by atoms with Crippen molar-refractivity contribution in [3.63, 3.8) is 0 Å². The standard InChI is InChI=1S/C17H18N4OS/c1-13-15(23-17(20-13)14-6-3-2-4-7-14)16(22)19-8-5-10-21-11-9-18-12-21/h2-4,6-7,9,11-12H,5,8,10H2,1H3,(H,19,22). The molecule has 0 aliphatic heterocycles. The smallest absolute Gasteiger partial charge is 0.263 e. The Bertz CT molecular complexity index is 765.